The first-order chi connectivity index (χ1) is 7.91. The lowest BCUT2D eigenvalue weighted by molar-refractivity contribution is -0.142. The van der Waals surface area contributed by atoms with Crippen molar-refractivity contribution in [2.45, 2.75) is 6.92 Å². The highest BCUT2D eigenvalue weighted by molar-refractivity contribution is 6.05. The average molecular weight is 239 g/mol. The molecule has 1 aromatic rings. The molecule has 1 aromatic carbocycles. The van der Waals surface area contributed by atoms with Gasteiger partial charge in [-0.25, -0.2) is 4.39 Å². The van der Waals surface area contributed by atoms with E-state index in [1.54, 1.807) is 0 Å². The number of benzene rings is 1. The van der Waals surface area contributed by atoms with Gasteiger partial charge in [0.1, 0.15) is 12.4 Å². The topological polar surface area (TPSA) is 74.7 Å². The van der Waals surface area contributed by atoms with Gasteiger partial charge in [0, 0.05) is 12.5 Å². The van der Waals surface area contributed by atoms with E-state index in [2.05, 4.69) is 0 Å². The molecule has 0 aromatic heterocycles. The lowest BCUT2D eigenvalue weighted by Crippen LogP contribution is -2.39. The second kappa shape index (κ2) is 5.20. The number of carbonyl (C=O) groups excluding carboxylic acids is 2. The number of nitrogens with zero attached hydrogens (tertiary/aromatic N) is 1. The van der Waals surface area contributed by atoms with E-state index in [4.69, 9.17) is 5.11 Å². The molecule has 1 N–H and O–H groups in total. The van der Waals surface area contributed by atoms with E-state index < -0.39 is 30.1 Å². The number of aliphatic carboxylic acids is 1. The third-order valence-corrected chi connectivity index (χ3v) is 2.01. The van der Waals surface area contributed by atoms with Crippen LogP contribution in [0.3, 0.4) is 0 Å². The Balaban J connectivity index is 2.95. The molecular weight excluding hydrogens is 229 g/mol. The number of amides is 2. The summed E-state index contributed by atoms with van der Waals surface area (Å²) in [7, 11) is 0. The lowest BCUT2D eigenvalue weighted by atomic mass is 10.2. The van der Waals surface area contributed by atoms with E-state index >= 15 is 0 Å². The maximum atomic E-state index is 12.6. The predicted molar refractivity (Wildman–Crippen MR) is 55.8 cm³/mol. The van der Waals surface area contributed by atoms with E-state index in [9.17, 15) is 18.8 Å². The van der Waals surface area contributed by atoms with Gasteiger partial charge >= 0.3 is 5.97 Å². The predicted octanol–water partition coefficient (Wildman–Crippen LogP) is 0.899. The Labute approximate surface area is 96.5 Å². The molecule has 0 aliphatic carbocycles. The fourth-order valence-electron chi connectivity index (χ4n) is 1.21. The van der Waals surface area contributed by atoms with Gasteiger partial charge in [-0.15, -0.1) is 0 Å². The molecule has 0 fully saturated rings. The number of hydrogen-bond acceptors (Lipinski definition) is 3. The van der Waals surface area contributed by atoms with E-state index in [1.807, 2.05) is 0 Å². The van der Waals surface area contributed by atoms with Gasteiger partial charge in [-0.1, -0.05) is 0 Å². The van der Waals surface area contributed by atoms with Crippen LogP contribution >= 0.6 is 0 Å². The zero-order valence-electron chi connectivity index (χ0n) is 9.01. The summed E-state index contributed by atoms with van der Waals surface area (Å²) in [5.74, 6) is -3.26. The van der Waals surface area contributed by atoms with E-state index in [0.29, 0.717) is 4.90 Å². The Morgan fingerprint density at radius 3 is 2.18 bits per heavy atom. The lowest BCUT2D eigenvalue weighted by Gasteiger charge is -2.16. The van der Waals surface area contributed by atoms with E-state index in [0.717, 1.165) is 19.1 Å². The van der Waals surface area contributed by atoms with Gasteiger partial charge in [0.15, 0.2) is 0 Å². The van der Waals surface area contributed by atoms with Crippen molar-refractivity contribution in [3.8, 4) is 0 Å². The summed E-state index contributed by atoms with van der Waals surface area (Å²) in [4.78, 5) is 34.0. The second-order valence-electron chi connectivity index (χ2n) is 3.31. The van der Waals surface area contributed by atoms with E-state index in [1.165, 1.54) is 12.1 Å². The summed E-state index contributed by atoms with van der Waals surface area (Å²) >= 11 is 0. The Hall–Kier alpha value is -2.24. The van der Waals surface area contributed by atoms with Gasteiger partial charge in [0.05, 0.1) is 0 Å². The Kier molecular flexibility index (Phi) is 3.92. The van der Waals surface area contributed by atoms with Crippen molar-refractivity contribution in [3.63, 3.8) is 0 Å². The number of imide groups is 1. The molecule has 0 radical (unpaired) electrons. The summed E-state index contributed by atoms with van der Waals surface area (Å²) in [5, 5.41) is 8.57. The summed E-state index contributed by atoms with van der Waals surface area (Å²) in [6.07, 6.45) is 0. The third-order valence-electron chi connectivity index (χ3n) is 2.01. The Morgan fingerprint density at radius 1 is 1.24 bits per heavy atom. The molecule has 0 unspecified atom stereocenters. The van der Waals surface area contributed by atoms with Crippen molar-refractivity contribution in [1.29, 1.82) is 0 Å². The smallest absolute Gasteiger partial charge is 0.323 e. The number of hydrogen-bond donors (Lipinski definition) is 1. The highest BCUT2D eigenvalue weighted by Gasteiger charge is 2.22. The molecule has 0 atom stereocenters. The molecular formula is C11H10FNO4. The normalized spacial score (nSPS) is 9.76. The minimum Gasteiger partial charge on any atom is -0.480 e. The van der Waals surface area contributed by atoms with Crippen molar-refractivity contribution >= 4 is 17.8 Å². The number of carboxylic acid groups (broad SMARTS) is 1. The zero-order valence-corrected chi connectivity index (χ0v) is 9.01. The molecule has 1 rings (SSSR count). The molecule has 2 amide bonds. The highest BCUT2D eigenvalue weighted by Crippen LogP contribution is 2.07. The molecule has 0 saturated carbocycles. The number of halogens is 1. The van der Waals surface area contributed by atoms with Crippen LogP contribution in [-0.4, -0.2) is 34.3 Å². The first-order valence-corrected chi connectivity index (χ1v) is 4.71. The molecule has 5 nitrogen and oxygen atoms in total. The SMILES string of the molecule is CC(=O)N(CC(=O)O)C(=O)c1ccc(F)cc1. The largest absolute Gasteiger partial charge is 0.480 e. The van der Waals surface area contributed by atoms with Crippen molar-refractivity contribution < 1.29 is 23.9 Å². The molecule has 0 heterocycles. The quantitative estimate of drug-likeness (QED) is 0.850. The fraction of sp³-hybridized carbons (Fsp3) is 0.182. The van der Waals surface area contributed by atoms with Gasteiger partial charge < -0.3 is 5.11 Å². The zero-order chi connectivity index (χ0) is 13.0. The summed E-state index contributed by atoms with van der Waals surface area (Å²) < 4.78 is 12.6. The van der Waals surface area contributed by atoms with Gasteiger partial charge in [-0.05, 0) is 24.3 Å². The maximum absolute atomic E-state index is 12.6. The monoisotopic (exact) mass is 239 g/mol. The molecule has 0 spiro atoms. The van der Waals surface area contributed by atoms with Gasteiger partial charge in [0.2, 0.25) is 5.91 Å². The van der Waals surface area contributed by atoms with Crippen LogP contribution in [0.25, 0.3) is 0 Å². The van der Waals surface area contributed by atoms with E-state index in [-0.39, 0.29) is 5.56 Å². The molecule has 90 valence electrons. The second-order valence-corrected chi connectivity index (χ2v) is 3.31. The van der Waals surface area contributed by atoms with Crippen molar-refractivity contribution in [2.24, 2.45) is 0 Å². The van der Waals surface area contributed by atoms with Gasteiger partial charge in [-0.2, -0.15) is 0 Å². The van der Waals surface area contributed by atoms with Crippen LogP contribution in [0.1, 0.15) is 17.3 Å². The number of carbonyl (C=O) groups is 3. The Bertz CT molecular complexity index is 455. The molecule has 6 heteroatoms. The van der Waals surface area contributed by atoms with Crippen molar-refractivity contribution in [3.05, 3.63) is 35.6 Å². The molecule has 0 aliphatic rings. The molecule has 17 heavy (non-hydrogen) atoms. The van der Waals surface area contributed by atoms with Gasteiger partial charge in [0.25, 0.3) is 5.91 Å². The first kappa shape index (κ1) is 12.8. The Morgan fingerprint density at radius 2 is 1.76 bits per heavy atom. The van der Waals surface area contributed by atoms with Crippen molar-refractivity contribution in [1.82, 2.24) is 4.90 Å². The highest BCUT2D eigenvalue weighted by atomic mass is 19.1. The number of carboxylic acids is 1. The van der Waals surface area contributed by atoms with Crippen LogP contribution in [0, 0.1) is 5.82 Å². The molecule has 0 bridgehead atoms. The van der Waals surface area contributed by atoms with Gasteiger partial charge in [-0.3, -0.25) is 19.3 Å². The maximum Gasteiger partial charge on any atom is 0.323 e. The standard InChI is InChI=1S/C11H10FNO4/c1-7(14)13(6-10(15)16)11(17)8-2-4-9(12)5-3-8/h2-5H,6H2,1H3,(H,15,16). The summed E-state index contributed by atoms with van der Waals surface area (Å²) in [5.41, 5.74) is 0.0582. The third kappa shape index (κ3) is 3.37. The van der Waals surface area contributed by atoms with Crippen LogP contribution in [-0.2, 0) is 9.59 Å². The van der Waals surface area contributed by atoms with Crippen LogP contribution in [0.4, 0.5) is 4.39 Å². The number of rotatable bonds is 3. The molecule has 0 saturated heterocycles. The minimum absolute atomic E-state index is 0.0582. The van der Waals surface area contributed by atoms with Crippen LogP contribution in [0.15, 0.2) is 24.3 Å². The van der Waals surface area contributed by atoms with Crippen molar-refractivity contribution in [2.75, 3.05) is 6.54 Å². The average Bonchev–Trinajstić information content (AvgIpc) is 2.25. The first-order valence-electron chi connectivity index (χ1n) is 4.71. The summed E-state index contributed by atoms with van der Waals surface area (Å²) in [6, 6.07) is 4.50. The summed E-state index contributed by atoms with van der Waals surface area (Å²) in [6.45, 7) is 0.371. The van der Waals surface area contributed by atoms with Crippen LogP contribution in [0.5, 0.6) is 0 Å². The fourth-order valence-corrected chi connectivity index (χ4v) is 1.21. The minimum atomic E-state index is -1.30. The van der Waals surface area contributed by atoms with Crippen LogP contribution in [0.2, 0.25) is 0 Å². The molecule has 0 aliphatic heterocycles. The van der Waals surface area contributed by atoms with Crippen LogP contribution < -0.4 is 0 Å².